The van der Waals surface area contributed by atoms with Crippen LogP contribution in [0.3, 0.4) is 0 Å². The van der Waals surface area contributed by atoms with Gasteiger partial charge in [0.1, 0.15) is 4.99 Å². The second-order valence-electron chi connectivity index (χ2n) is 3.98. The Bertz CT molecular complexity index is 583. The zero-order chi connectivity index (χ0) is 13.1. The van der Waals surface area contributed by atoms with Crippen molar-refractivity contribution in [1.82, 2.24) is 10.2 Å². The molecule has 0 aliphatic carbocycles. The Labute approximate surface area is 111 Å². The molecule has 92 valence electrons. The molecule has 5 heteroatoms. The van der Waals surface area contributed by atoms with E-state index in [1.807, 2.05) is 43.1 Å². The Morgan fingerprint density at radius 3 is 2.67 bits per heavy atom. The Morgan fingerprint density at radius 1 is 1.28 bits per heavy atom. The molecule has 4 nitrogen and oxygen atoms in total. The predicted molar refractivity (Wildman–Crippen MR) is 77.2 cm³/mol. The molecule has 0 bridgehead atoms. The van der Waals surface area contributed by atoms with Gasteiger partial charge in [-0.05, 0) is 24.6 Å². The molecular weight excluding hydrogens is 244 g/mol. The van der Waals surface area contributed by atoms with Gasteiger partial charge in [0.25, 0.3) is 0 Å². The minimum atomic E-state index is 0.320. The first-order valence-electron chi connectivity index (χ1n) is 5.52. The molecular formula is C13H14N4S. The fraction of sp³-hybridized carbons (Fsp3) is 0.154. The number of rotatable bonds is 3. The van der Waals surface area contributed by atoms with E-state index in [1.165, 1.54) is 0 Å². The Balaban J connectivity index is 2.50. The van der Waals surface area contributed by atoms with Gasteiger partial charge in [-0.3, -0.25) is 0 Å². The number of benzene rings is 1. The highest BCUT2D eigenvalue weighted by atomic mass is 32.1. The summed E-state index contributed by atoms with van der Waals surface area (Å²) in [6, 6.07) is 9.82. The van der Waals surface area contributed by atoms with Crippen molar-refractivity contribution in [3.05, 3.63) is 47.7 Å². The van der Waals surface area contributed by atoms with Crippen molar-refractivity contribution in [2.24, 2.45) is 5.73 Å². The highest BCUT2D eigenvalue weighted by Crippen LogP contribution is 2.26. The fourth-order valence-electron chi connectivity index (χ4n) is 1.82. The van der Waals surface area contributed by atoms with Crippen LogP contribution in [0.15, 0.2) is 36.5 Å². The summed E-state index contributed by atoms with van der Waals surface area (Å²) in [5.41, 5.74) is 8.64. The third-order valence-electron chi connectivity index (χ3n) is 2.76. The molecule has 0 amide bonds. The van der Waals surface area contributed by atoms with E-state index < -0.39 is 0 Å². The van der Waals surface area contributed by atoms with Crippen LogP contribution in [0.2, 0.25) is 0 Å². The van der Waals surface area contributed by atoms with E-state index in [0.29, 0.717) is 10.8 Å². The van der Waals surface area contributed by atoms with Crippen LogP contribution >= 0.6 is 12.2 Å². The zero-order valence-electron chi connectivity index (χ0n) is 10.3. The van der Waals surface area contributed by atoms with Gasteiger partial charge < -0.3 is 10.6 Å². The van der Waals surface area contributed by atoms with Crippen LogP contribution in [0.5, 0.6) is 0 Å². The topological polar surface area (TPSA) is 55.0 Å². The van der Waals surface area contributed by atoms with Gasteiger partial charge in [0.15, 0.2) is 5.82 Å². The summed E-state index contributed by atoms with van der Waals surface area (Å²) in [6.45, 7) is 2.04. The van der Waals surface area contributed by atoms with E-state index in [9.17, 15) is 0 Å². The largest absolute Gasteiger partial charge is 0.389 e. The molecule has 18 heavy (non-hydrogen) atoms. The lowest BCUT2D eigenvalue weighted by Crippen LogP contribution is -2.20. The van der Waals surface area contributed by atoms with Gasteiger partial charge in [0.2, 0.25) is 0 Å². The van der Waals surface area contributed by atoms with Crippen molar-refractivity contribution in [1.29, 1.82) is 0 Å². The average Bonchev–Trinajstić information content (AvgIpc) is 2.38. The number of anilines is 2. The maximum Gasteiger partial charge on any atom is 0.165 e. The van der Waals surface area contributed by atoms with Crippen molar-refractivity contribution >= 4 is 28.7 Å². The Hall–Kier alpha value is -2.01. The monoisotopic (exact) mass is 258 g/mol. The normalized spacial score (nSPS) is 10.1. The van der Waals surface area contributed by atoms with E-state index in [0.717, 1.165) is 16.8 Å². The molecule has 1 aromatic carbocycles. The number of hydrogen-bond acceptors (Lipinski definition) is 4. The second-order valence-corrected chi connectivity index (χ2v) is 4.42. The summed E-state index contributed by atoms with van der Waals surface area (Å²) in [5.74, 6) is 0.666. The fourth-order valence-corrected chi connectivity index (χ4v) is 1.98. The van der Waals surface area contributed by atoms with Crippen LogP contribution in [0.4, 0.5) is 11.5 Å². The van der Waals surface area contributed by atoms with E-state index in [2.05, 4.69) is 10.2 Å². The highest BCUT2D eigenvalue weighted by Gasteiger charge is 2.14. The first-order chi connectivity index (χ1) is 8.61. The number of para-hydroxylation sites is 1. The minimum Gasteiger partial charge on any atom is -0.389 e. The van der Waals surface area contributed by atoms with Crippen molar-refractivity contribution in [3.8, 4) is 0 Å². The summed E-state index contributed by atoms with van der Waals surface area (Å²) in [5, 5.41) is 8.02. The highest BCUT2D eigenvalue weighted by molar-refractivity contribution is 7.80. The van der Waals surface area contributed by atoms with Crippen LogP contribution in [0.1, 0.15) is 11.1 Å². The maximum atomic E-state index is 5.71. The summed E-state index contributed by atoms with van der Waals surface area (Å²) in [6.07, 6.45) is 1.59. The lowest BCUT2D eigenvalue weighted by Gasteiger charge is -2.21. The maximum absolute atomic E-state index is 5.71. The summed E-state index contributed by atoms with van der Waals surface area (Å²) < 4.78 is 0. The van der Waals surface area contributed by atoms with Crippen molar-refractivity contribution in [3.63, 3.8) is 0 Å². The van der Waals surface area contributed by atoms with E-state index in [-0.39, 0.29) is 0 Å². The van der Waals surface area contributed by atoms with E-state index in [1.54, 1.807) is 12.3 Å². The third-order valence-corrected chi connectivity index (χ3v) is 2.98. The van der Waals surface area contributed by atoms with Crippen LogP contribution in [0, 0.1) is 6.92 Å². The molecule has 0 aliphatic heterocycles. The standard InChI is InChI=1S/C13H14N4S/c1-9-5-3-4-6-11(9)17(2)13-10(12(14)18)7-8-15-16-13/h3-8H,1-2H3,(H2,14,18). The van der Waals surface area contributed by atoms with Crippen molar-refractivity contribution in [2.45, 2.75) is 6.92 Å². The number of aryl methyl sites for hydroxylation is 1. The number of thiocarbonyl (C=S) groups is 1. The number of aromatic nitrogens is 2. The first-order valence-corrected chi connectivity index (χ1v) is 5.93. The van der Waals surface area contributed by atoms with Gasteiger partial charge in [0.05, 0.1) is 11.8 Å². The lowest BCUT2D eigenvalue weighted by atomic mass is 10.1. The van der Waals surface area contributed by atoms with Gasteiger partial charge in [-0.15, -0.1) is 5.10 Å². The third kappa shape index (κ3) is 2.31. The van der Waals surface area contributed by atoms with Gasteiger partial charge >= 0.3 is 0 Å². The molecule has 0 radical (unpaired) electrons. The number of nitrogens with zero attached hydrogens (tertiary/aromatic N) is 3. The number of hydrogen-bond donors (Lipinski definition) is 1. The first kappa shape index (κ1) is 12.4. The predicted octanol–water partition coefficient (Wildman–Crippen LogP) is 2.19. The molecule has 2 rings (SSSR count). The van der Waals surface area contributed by atoms with E-state index >= 15 is 0 Å². The summed E-state index contributed by atoms with van der Waals surface area (Å²) in [4.78, 5) is 2.26. The van der Waals surface area contributed by atoms with Crippen molar-refractivity contribution < 1.29 is 0 Å². The molecule has 0 saturated heterocycles. The smallest absolute Gasteiger partial charge is 0.165 e. The lowest BCUT2D eigenvalue weighted by molar-refractivity contribution is 0.981. The number of nitrogens with two attached hydrogens (primary N) is 1. The van der Waals surface area contributed by atoms with Crippen LogP contribution in [-0.4, -0.2) is 22.2 Å². The zero-order valence-corrected chi connectivity index (χ0v) is 11.1. The molecule has 0 spiro atoms. The van der Waals surface area contributed by atoms with Gasteiger partial charge in [-0.25, -0.2) is 0 Å². The molecule has 2 aromatic rings. The van der Waals surface area contributed by atoms with Crippen LogP contribution < -0.4 is 10.6 Å². The summed E-state index contributed by atoms with van der Waals surface area (Å²) in [7, 11) is 1.92. The van der Waals surface area contributed by atoms with Crippen LogP contribution in [0.25, 0.3) is 0 Å². The average molecular weight is 258 g/mol. The van der Waals surface area contributed by atoms with Gasteiger partial charge in [-0.1, -0.05) is 30.4 Å². The summed E-state index contributed by atoms with van der Waals surface area (Å²) >= 11 is 5.03. The van der Waals surface area contributed by atoms with Crippen LogP contribution in [-0.2, 0) is 0 Å². The van der Waals surface area contributed by atoms with Gasteiger partial charge in [0, 0.05) is 12.7 Å². The Morgan fingerprint density at radius 2 is 2.00 bits per heavy atom. The van der Waals surface area contributed by atoms with Gasteiger partial charge in [-0.2, -0.15) is 5.10 Å². The molecule has 1 heterocycles. The second kappa shape index (κ2) is 5.10. The minimum absolute atomic E-state index is 0.320. The van der Waals surface area contributed by atoms with E-state index in [4.69, 9.17) is 18.0 Å². The molecule has 0 atom stereocenters. The van der Waals surface area contributed by atoms with Crippen molar-refractivity contribution in [2.75, 3.05) is 11.9 Å². The SMILES string of the molecule is Cc1ccccc1N(C)c1nnccc1C(N)=S. The molecule has 1 aromatic heterocycles. The molecule has 0 aliphatic rings. The molecule has 0 saturated carbocycles. The molecule has 0 fully saturated rings. The Kier molecular flexibility index (Phi) is 3.53. The molecule has 2 N–H and O–H groups in total. The quantitative estimate of drug-likeness (QED) is 0.855. The molecule has 0 unspecified atom stereocenters.